The number of esters is 1. The third-order valence-corrected chi connectivity index (χ3v) is 5.77. The maximum Gasteiger partial charge on any atom is 0.338 e. The number of fused-ring (bicyclic) bond motifs is 2. The van der Waals surface area contributed by atoms with Crippen LogP contribution in [0.25, 0.3) is 33.4 Å². The molecule has 8 nitrogen and oxygen atoms in total. The highest BCUT2D eigenvalue weighted by Crippen LogP contribution is 2.43. The molecule has 1 aliphatic carbocycles. The summed E-state index contributed by atoms with van der Waals surface area (Å²) in [5, 5.41) is 5.28. The highest BCUT2D eigenvalue weighted by Gasteiger charge is 2.23. The predicted molar refractivity (Wildman–Crippen MR) is 157 cm³/mol. The molecule has 38 heavy (non-hydrogen) atoms. The number of benzene rings is 3. The van der Waals surface area contributed by atoms with Crippen molar-refractivity contribution in [2.45, 2.75) is 34.6 Å². The Balaban J connectivity index is 0.000000947. The number of rotatable bonds is 6. The molecule has 5 N–H and O–H groups in total. The largest absolute Gasteiger partial charge is 0.462 e. The molecule has 4 rings (SSSR count). The number of ether oxygens (including phenoxy) is 1. The third kappa shape index (κ3) is 7.10. The normalized spacial score (nSPS) is 11.2. The lowest BCUT2D eigenvalue weighted by atomic mass is 9.89. The van der Waals surface area contributed by atoms with Crippen molar-refractivity contribution < 1.29 is 23.7 Å². The molecule has 0 fully saturated rings. The summed E-state index contributed by atoms with van der Waals surface area (Å²) < 4.78 is 11.8. The third-order valence-electron chi connectivity index (χ3n) is 5.77. The first-order chi connectivity index (χ1) is 17.7. The molecule has 0 atom stereocenters. The van der Waals surface area contributed by atoms with Crippen LogP contribution in [0.15, 0.2) is 57.9 Å². The Hall–Kier alpha value is -3.00. The Kier molecular flexibility index (Phi) is 11.7. The first-order valence-corrected chi connectivity index (χ1v) is 13.5. The van der Waals surface area contributed by atoms with E-state index in [4.69, 9.17) is 18.9 Å². The molecule has 0 amide bonds. The van der Waals surface area contributed by atoms with Crippen LogP contribution < -0.4 is 16.2 Å². The fraction of sp³-hybridized carbons (Fsp3) is 0.286. The molecule has 0 radical (unpaired) electrons. The fourth-order valence-electron chi connectivity index (χ4n) is 4.29. The van der Waals surface area contributed by atoms with Crippen molar-refractivity contribution in [2.75, 3.05) is 25.0 Å². The van der Waals surface area contributed by atoms with Gasteiger partial charge in [-0.05, 0) is 69.5 Å². The van der Waals surface area contributed by atoms with E-state index >= 15 is 0 Å². The predicted octanol–water partition coefficient (Wildman–Crippen LogP) is 5.93. The summed E-state index contributed by atoms with van der Waals surface area (Å²) in [6.07, 6.45) is 0. The smallest absolute Gasteiger partial charge is 0.338 e. The summed E-state index contributed by atoms with van der Waals surface area (Å²) >= 11 is 0. The van der Waals surface area contributed by atoms with Gasteiger partial charge in [-0.1, -0.05) is 18.2 Å². The van der Waals surface area contributed by atoms with Crippen molar-refractivity contribution >= 4 is 43.6 Å². The maximum atomic E-state index is 12.9. The van der Waals surface area contributed by atoms with Crippen LogP contribution in [-0.2, 0) is 4.74 Å². The average Bonchev–Trinajstić information content (AvgIpc) is 2.84. The Morgan fingerprint density at radius 2 is 1.74 bits per heavy atom. The molecule has 1 aliphatic heterocycles. The number of nitrogens with zero attached hydrogens (tertiary/aromatic N) is 1. The number of hydrogen-bond donors (Lipinski definition) is 4. The SMILES string of the molecule is CC/N=c1/cc2oc3cc(NCC)c(C)cc3c(-c3ccccc3C(=O)OCC)c-2cc1C.Cl.NP(O)O. The van der Waals surface area contributed by atoms with E-state index in [0.717, 1.165) is 62.1 Å². The monoisotopic (exact) mass is 559 g/mol. The Labute approximate surface area is 230 Å². The molecule has 0 aromatic heterocycles. The number of nitrogens with two attached hydrogens (primary N) is 1. The van der Waals surface area contributed by atoms with E-state index in [-0.39, 0.29) is 18.4 Å². The molecule has 0 bridgehead atoms. The van der Waals surface area contributed by atoms with Gasteiger partial charge in [-0.3, -0.25) is 10.5 Å². The Bertz CT molecular complexity index is 1440. The van der Waals surface area contributed by atoms with Gasteiger partial charge in [-0.25, -0.2) is 4.79 Å². The van der Waals surface area contributed by atoms with Crippen LogP contribution in [0.5, 0.6) is 0 Å². The summed E-state index contributed by atoms with van der Waals surface area (Å²) in [6, 6.07) is 15.9. The van der Waals surface area contributed by atoms with Gasteiger partial charge in [0, 0.05) is 47.4 Å². The molecule has 0 saturated heterocycles. The first-order valence-electron chi connectivity index (χ1n) is 12.2. The topological polar surface area (TPSA) is 130 Å². The number of halogens is 1. The van der Waals surface area contributed by atoms with E-state index in [9.17, 15) is 4.79 Å². The zero-order valence-electron chi connectivity index (χ0n) is 22.2. The molecule has 2 aromatic carbocycles. The van der Waals surface area contributed by atoms with Crippen LogP contribution >= 0.6 is 20.9 Å². The minimum atomic E-state index is -2.12. The van der Waals surface area contributed by atoms with Gasteiger partial charge in [0.2, 0.25) is 8.53 Å². The lowest BCUT2D eigenvalue weighted by Gasteiger charge is -2.19. The van der Waals surface area contributed by atoms with Crippen LogP contribution in [0.4, 0.5) is 5.69 Å². The van der Waals surface area contributed by atoms with E-state index in [2.05, 4.69) is 48.7 Å². The Morgan fingerprint density at radius 3 is 2.37 bits per heavy atom. The molecule has 1 heterocycles. The molecule has 0 spiro atoms. The van der Waals surface area contributed by atoms with Crippen LogP contribution in [0, 0.1) is 13.8 Å². The van der Waals surface area contributed by atoms with Gasteiger partial charge in [-0.15, -0.1) is 12.4 Å². The fourth-order valence-corrected chi connectivity index (χ4v) is 4.29. The minimum absolute atomic E-state index is 0. The number of anilines is 1. The van der Waals surface area contributed by atoms with E-state index < -0.39 is 8.53 Å². The average molecular weight is 560 g/mol. The number of carbonyl (C=O) groups excluding carboxylic acids is 1. The van der Waals surface area contributed by atoms with Crippen LogP contribution in [-0.4, -0.2) is 35.5 Å². The minimum Gasteiger partial charge on any atom is -0.462 e. The molecule has 0 saturated carbocycles. The van der Waals surface area contributed by atoms with E-state index in [1.165, 1.54) is 0 Å². The van der Waals surface area contributed by atoms with Crippen LogP contribution in [0.2, 0.25) is 0 Å². The summed E-state index contributed by atoms with van der Waals surface area (Å²) in [6.45, 7) is 11.9. The molecular weight excluding hydrogens is 525 g/mol. The highest BCUT2D eigenvalue weighted by atomic mass is 35.5. The van der Waals surface area contributed by atoms with Gasteiger partial charge >= 0.3 is 5.97 Å². The second-order valence-corrected chi connectivity index (χ2v) is 9.01. The lowest BCUT2D eigenvalue weighted by molar-refractivity contribution is 0.0527. The van der Waals surface area contributed by atoms with Crippen molar-refractivity contribution in [1.29, 1.82) is 0 Å². The lowest BCUT2D eigenvalue weighted by Crippen LogP contribution is -2.10. The number of hydrogen-bond acceptors (Lipinski definition) is 8. The van der Waals surface area contributed by atoms with Crippen LogP contribution in [0.1, 0.15) is 42.3 Å². The quantitative estimate of drug-likeness (QED) is 0.131. The molecule has 2 aliphatic rings. The summed E-state index contributed by atoms with van der Waals surface area (Å²) in [4.78, 5) is 32.4. The van der Waals surface area contributed by atoms with Crippen molar-refractivity contribution in [3.05, 3.63) is 70.6 Å². The molecule has 2 aromatic rings. The molecule has 0 unspecified atom stereocenters. The summed E-state index contributed by atoms with van der Waals surface area (Å²) in [5.74, 6) is 0.408. The van der Waals surface area contributed by atoms with Gasteiger partial charge in [-0.2, -0.15) is 0 Å². The summed E-state index contributed by atoms with van der Waals surface area (Å²) in [7, 11) is -2.12. The molecular formula is C28H35ClN3O5P. The van der Waals surface area contributed by atoms with Gasteiger partial charge < -0.3 is 24.3 Å². The van der Waals surface area contributed by atoms with Crippen LogP contribution in [0.3, 0.4) is 0 Å². The van der Waals surface area contributed by atoms with Gasteiger partial charge in [0.15, 0.2) is 0 Å². The van der Waals surface area contributed by atoms with E-state index in [1.807, 2.05) is 50.2 Å². The molecule has 10 heteroatoms. The van der Waals surface area contributed by atoms with E-state index in [1.54, 1.807) is 0 Å². The zero-order valence-corrected chi connectivity index (χ0v) is 24.0. The van der Waals surface area contributed by atoms with Crippen molar-refractivity contribution in [3.63, 3.8) is 0 Å². The second kappa shape index (κ2) is 14.2. The van der Waals surface area contributed by atoms with Gasteiger partial charge in [0.1, 0.15) is 11.3 Å². The number of carbonyl (C=O) groups is 1. The van der Waals surface area contributed by atoms with E-state index in [0.29, 0.717) is 18.7 Å². The van der Waals surface area contributed by atoms with Crippen molar-refractivity contribution in [3.8, 4) is 22.5 Å². The number of aryl methyl sites for hydroxylation is 2. The highest BCUT2D eigenvalue weighted by molar-refractivity contribution is 7.42. The van der Waals surface area contributed by atoms with Gasteiger partial charge in [0.05, 0.1) is 17.5 Å². The maximum absolute atomic E-state index is 12.9. The van der Waals surface area contributed by atoms with Crippen molar-refractivity contribution in [2.24, 2.45) is 10.5 Å². The summed E-state index contributed by atoms with van der Waals surface area (Å²) in [5.41, 5.74) is 11.5. The first kappa shape index (κ1) is 31.2. The Morgan fingerprint density at radius 1 is 1.05 bits per heavy atom. The zero-order chi connectivity index (χ0) is 27.1. The number of nitrogens with one attached hydrogen (secondary N) is 1. The van der Waals surface area contributed by atoms with Crippen molar-refractivity contribution in [1.82, 2.24) is 0 Å². The second-order valence-electron chi connectivity index (χ2n) is 8.37. The standard InChI is InChI=1S/C28H30N2O3.ClH.H4NO2P/c1-6-29-23-15-25-21(13-17(23)4)27(19-11-9-10-12-20(19)28(31)32-8-3)22-14-18(5)24(30-7-2)16-26(22)33-25;;1-4(2)3/h9-16,29H,6-8H2,1-5H3;1H;2-3H,1H2/b30-24-;;. The van der Waals surface area contributed by atoms with Gasteiger partial charge in [0.25, 0.3) is 0 Å². The molecule has 204 valence electrons.